The lowest BCUT2D eigenvalue weighted by Crippen LogP contribution is -2.20. The third-order valence-corrected chi connectivity index (χ3v) is 2.12. The second-order valence-electron chi connectivity index (χ2n) is 3.32. The highest BCUT2D eigenvalue weighted by Gasteiger charge is 2.15. The van der Waals surface area contributed by atoms with E-state index in [0.29, 0.717) is 6.42 Å². The molecule has 0 saturated carbocycles. The summed E-state index contributed by atoms with van der Waals surface area (Å²) in [5, 5.41) is 0. The summed E-state index contributed by atoms with van der Waals surface area (Å²) in [6.45, 7) is 3.78. The zero-order valence-electron chi connectivity index (χ0n) is 9.90. The molecule has 1 unspecified atom stereocenters. The van der Waals surface area contributed by atoms with Gasteiger partial charge in [0, 0.05) is 26.6 Å². The Balaban J connectivity index is 4.08. The summed E-state index contributed by atoms with van der Waals surface area (Å²) in [6, 6.07) is 0. The van der Waals surface area contributed by atoms with Crippen LogP contribution in [0.4, 0.5) is 0 Å². The largest absolute Gasteiger partial charge is 0.356 e. The van der Waals surface area contributed by atoms with Gasteiger partial charge in [0.25, 0.3) is 0 Å². The van der Waals surface area contributed by atoms with E-state index in [4.69, 9.17) is 9.47 Å². The maximum absolute atomic E-state index is 11.6. The van der Waals surface area contributed by atoms with E-state index in [2.05, 4.69) is 0 Å². The Hall–Kier alpha value is -0.930. The fraction of sp³-hybridized carbons (Fsp3) is 0.583. The lowest BCUT2D eigenvalue weighted by Gasteiger charge is -2.16. The maximum Gasteiger partial charge on any atom is 0.158 e. The smallest absolute Gasteiger partial charge is 0.158 e. The Morgan fingerprint density at radius 1 is 1.27 bits per heavy atom. The van der Waals surface area contributed by atoms with Crippen molar-refractivity contribution in [3.63, 3.8) is 0 Å². The molecule has 0 fully saturated rings. The lowest BCUT2D eigenvalue weighted by molar-refractivity contribution is -0.130. The number of allylic oxidation sites excluding steroid dienone is 4. The predicted octanol–water partition coefficient (Wildman–Crippen LogP) is 2.33. The Bertz CT molecular complexity index is 227. The number of ether oxygens (including phenoxy) is 2. The van der Waals surface area contributed by atoms with Crippen LogP contribution in [0.2, 0.25) is 0 Å². The van der Waals surface area contributed by atoms with Crippen LogP contribution in [0.3, 0.4) is 0 Å². The predicted molar refractivity (Wildman–Crippen MR) is 60.5 cm³/mol. The Kier molecular flexibility index (Phi) is 7.86. The van der Waals surface area contributed by atoms with Crippen molar-refractivity contribution in [2.45, 2.75) is 26.6 Å². The topological polar surface area (TPSA) is 35.5 Å². The zero-order chi connectivity index (χ0) is 11.7. The number of carbonyl (C=O) groups is 1. The van der Waals surface area contributed by atoms with Crippen LogP contribution in [0.15, 0.2) is 24.3 Å². The molecule has 0 spiro atoms. The normalized spacial score (nSPS) is 14.2. The molecule has 0 rings (SSSR count). The molecular weight excluding hydrogens is 192 g/mol. The maximum atomic E-state index is 11.6. The highest BCUT2D eigenvalue weighted by molar-refractivity contribution is 5.91. The van der Waals surface area contributed by atoms with E-state index in [1.807, 2.05) is 26.0 Å². The first-order valence-corrected chi connectivity index (χ1v) is 5.04. The van der Waals surface area contributed by atoms with E-state index < -0.39 is 0 Å². The number of carbonyl (C=O) groups excluding carboxylic acids is 1. The van der Waals surface area contributed by atoms with Crippen molar-refractivity contribution in [1.29, 1.82) is 0 Å². The van der Waals surface area contributed by atoms with Gasteiger partial charge in [-0.15, -0.1) is 0 Å². The molecule has 0 aromatic rings. The van der Waals surface area contributed by atoms with Gasteiger partial charge in [-0.1, -0.05) is 25.2 Å². The van der Waals surface area contributed by atoms with Gasteiger partial charge in [0.1, 0.15) is 0 Å². The second-order valence-corrected chi connectivity index (χ2v) is 3.32. The molecule has 0 amide bonds. The fourth-order valence-corrected chi connectivity index (χ4v) is 1.12. The first-order chi connectivity index (χ1) is 7.15. The summed E-state index contributed by atoms with van der Waals surface area (Å²) in [7, 11) is 3.14. The van der Waals surface area contributed by atoms with Gasteiger partial charge in [-0.05, 0) is 13.0 Å². The molecule has 0 aromatic heterocycles. The Morgan fingerprint density at radius 3 is 2.33 bits per heavy atom. The molecule has 86 valence electrons. The van der Waals surface area contributed by atoms with Crippen LogP contribution in [0.5, 0.6) is 0 Å². The lowest BCUT2D eigenvalue weighted by atomic mass is 10.0. The Labute approximate surface area is 91.8 Å². The van der Waals surface area contributed by atoms with Gasteiger partial charge < -0.3 is 9.47 Å². The van der Waals surface area contributed by atoms with Crippen LogP contribution in [0.25, 0.3) is 0 Å². The molecule has 0 N–H and O–H groups in total. The van der Waals surface area contributed by atoms with Gasteiger partial charge in [0.2, 0.25) is 0 Å². The standard InChI is InChI=1S/C12H20O3/c1-5-6-7-8-11(13)10(2)9-12(14-3)15-4/h5-8,10,12H,9H2,1-4H3/b6-5+,8-7+. The van der Waals surface area contributed by atoms with Gasteiger partial charge in [-0.2, -0.15) is 0 Å². The molecule has 0 aliphatic carbocycles. The van der Waals surface area contributed by atoms with E-state index in [9.17, 15) is 4.79 Å². The van der Waals surface area contributed by atoms with Crippen molar-refractivity contribution in [2.75, 3.05) is 14.2 Å². The average molecular weight is 212 g/mol. The minimum absolute atomic E-state index is 0.0867. The third-order valence-electron chi connectivity index (χ3n) is 2.12. The summed E-state index contributed by atoms with van der Waals surface area (Å²) in [5.74, 6) is 0.00334. The van der Waals surface area contributed by atoms with Crippen molar-refractivity contribution in [3.05, 3.63) is 24.3 Å². The van der Waals surface area contributed by atoms with E-state index in [0.717, 1.165) is 0 Å². The molecule has 3 heteroatoms. The van der Waals surface area contributed by atoms with Gasteiger partial charge in [-0.3, -0.25) is 4.79 Å². The molecule has 3 nitrogen and oxygen atoms in total. The first kappa shape index (κ1) is 14.1. The number of ketones is 1. The van der Waals surface area contributed by atoms with Crippen molar-refractivity contribution < 1.29 is 14.3 Å². The Morgan fingerprint density at radius 2 is 1.87 bits per heavy atom. The van der Waals surface area contributed by atoms with Crippen LogP contribution in [-0.2, 0) is 14.3 Å². The van der Waals surface area contributed by atoms with Crippen LogP contribution in [0, 0.1) is 5.92 Å². The van der Waals surface area contributed by atoms with Crippen LogP contribution < -0.4 is 0 Å². The SMILES string of the molecule is C/C=C/C=C/C(=O)C(C)CC(OC)OC. The highest BCUT2D eigenvalue weighted by Crippen LogP contribution is 2.10. The molecule has 1 atom stereocenters. The summed E-state index contributed by atoms with van der Waals surface area (Å²) >= 11 is 0. The molecule has 0 heterocycles. The number of hydrogen-bond donors (Lipinski definition) is 0. The average Bonchev–Trinajstić information content (AvgIpc) is 2.25. The molecule has 15 heavy (non-hydrogen) atoms. The molecule has 0 bridgehead atoms. The van der Waals surface area contributed by atoms with E-state index >= 15 is 0 Å². The van der Waals surface area contributed by atoms with Gasteiger partial charge in [0.05, 0.1) is 0 Å². The summed E-state index contributed by atoms with van der Waals surface area (Å²) in [4.78, 5) is 11.6. The number of methoxy groups -OCH3 is 2. The van der Waals surface area contributed by atoms with Crippen LogP contribution in [-0.4, -0.2) is 26.3 Å². The third kappa shape index (κ3) is 6.20. The van der Waals surface area contributed by atoms with Crippen LogP contribution in [0.1, 0.15) is 20.3 Å². The quantitative estimate of drug-likeness (QED) is 0.369. The molecular formula is C12H20O3. The number of rotatable bonds is 7. The van der Waals surface area contributed by atoms with Crippen LogP contribution >= 0.6 is 0 Å². The minimum atomic E-state index is -0.306. The monoisotopic (exact) mass is 212 g/mol. The van der Waals surface area contributed by atoms with Crippen molar-refractivity contribution in [3.8, 4) is 0 Å². The molecule has 0 aliphatic heterocycles. The zero-order valence-corrected chi connectivity index (χ0v) is 9.90. The van der Waals surface area contributed by atoms with Crippen molar-refractivity contribution in [2.24, 2.45) is 5.92 Å². The fourth-order valence-electron chi connectivity index (χ4n) is 1.12. The molecule has 0 aromatic carbocycles. The summed E-state index contributed by atoms with van der Waals surface area (Å²) < 4.78 is 10.1. The van der Waals surface area contributed by atoms with E-state index in [-0.39, 0.29) is 18.0 Å². The number of hydrogen-bond acceptors (Lipinski definition) is 3. The van der Waals surface area contributed by atoms with E-state index in [1.165, 1.54) is 0 Å². The van der Waals surface area contributed by atoms with Crippen molar-refractivity contribution in [1.82, 2.24) is 0 Å². The van der Waals surface area contributed by atoms with E-state index in [1.54, 1.807) is 26.4 Å². The summed E-state index contributed by atoms with van der Waals surface area (Å²) in [6.07, 6.45) is 7.29. The van der Waals surface area contributed by atoms with Gasteiger partial charge in [-0.25, -0.2) is 0 Å². The molecule has 0 saturated heterocycles. The van der Waals surface area contributed by atoms with Gasteiger partial charge >= 0.3 is 0 Å². The van der Waals surface area contributed by atoms with Crippen molar-refractivity contribution >= 4 is 5.78 Å². The molecule has 0 radical (unpaired) electrons. The van der Waals surface area contributed by atoms with Gasteiger partial charge in [0.15, 0.2) is 12.1 Å². The molecule has 0 aliphatic rings. The highest BCUT2D eigenvalue weighted by atomic mass is 16.7. The summed E-state index contributed by atoms with van der Waals surface area (Å²) in [5.41, 5.74) is 0. The minimum Gasteiger partial charge on any atom is -0.356 e. The second kappa shape index (κ2) is 8.38. The first-order valence-electron chi connectivity index (χ1n) is 5.04.